The van der Waals surface area contributed by atoms with Gasteiger partial charge in [-0.15, -0.1) is 0 Å². The zero-order valence-corrected chi connectivity index (χ0v) is 21.7. The molecule has 0 atom stereocenters. The molecule has 182 valence electrons. The number of carbonyl (C=O) groups excluding carboxylic acids is 1. The van der Waals surface area contributed by atoms with Crippen molar-refractivity contribution in [1.29, 1.82) is 0 Å². The van der Waals surface area contributed by atoms with Crippen LogP contribution >= 0.6 is 11.5 Å². The van der Waals surface area contributed by atoms with Gasteiger partial charge in [0.05, 0.1) is 0 Å². The van der Waals surface area contributed by atoms with Crippen LogP contribution in [0.5, 0.6) is 0 Å². The number of anilines is 1. The minimum atomic E-state index is 0.175. The average Bonchev–Trinajstić information content (AvgIpc) is 3.28. The Labute approximate surface area is 208 Å². The topological polar surface area (TPSA) is 52.6 Å². The predicted molar refractivity (Wildman–Crippen MR) is 141 cm³/mol. The Bertz CT molecular complexity index is 991. The van der Waals surface area contributed by atoms with Crippen LogP contribution in [0.4, 0.5) is 5.13 Å². The Morgan fingerprint density at radius 2 is 1.56 bits per heavy atom. The van der Waals surface area contributed by atoms with E-state index in [1.807, 2.05) is 55.4 Å². The summed E-state index contributed by atoms with van der Waals surface area (Å²) < 4.78 is 4.59. The molecule has 0 aliphatic rings. The zero-order chi connectivity index (χ0) is 24.3. The largest absolute Gasteiger partial charge is 0.346 e. The Morgan fingerprint density at radius 1 is 0.912 bits per heavy atom. The quantitative estimate of drug-likeness (QED) is 0.359. The number of likely N-dealkylation sites (N-methyl/N-ethyl adjacent to an activating group) is 1. The van der Waals surface area contributed by atoms with Gasteiger partial charge >= 0.3 is 0 Å². The van der Waals surface area contributed by atoms with Gasteiger partial charge in [0.25, 0.3) is 0 Å². The van der Waals surface area contributed by atoms with E-state index in [4.69, 9.17) is 4.98 Å². The Hall–Kier alpha value is -2.77. The van der Waals surface area contributed by atoms with E-state index in [0.717, 1.165) is 36.0 Å². The Kier molecular flexibility index (Phi) is 10.0. The summed E-state index contributed by atoms with van der Waals surface area (Å²) in [5.41, 5.74) is 2.36. The number of amides is 1. The van der Waals surface area contributed by atoms with Crippen molar-refractivity contribution in [3.63, 3.8) is 0 Å². The maximum Gasteiger partial charge on any atom is 0.224 e. The summed E-state index contributed by atoms with van der Waals surface area (Å²) in [5, 5.41) is 0.898. The van der Waals surface area contributed by atoms with Gasteiger partial charge in [0.2, 0.25) is 11.0 Å². The smallest absolute Gasteiger partial charge is 0.224 e. The molecule has 34 heavy (non-hydrogen) atoms. The molecule has 1 aromatic heterocycles. The highest BCUT2D eigenvalue weighted by Gasteiger charge is 2.19. The van der Waals surface area contributed by atoms with Crippen molar-refractivity contribution in [3.05, 3.63) is 77.6 Å². The highest BCUT2D eigenvalue weighted by atomic mass is 32.1. The van der Waals surface area contributed by atoms with Crippen LogP contribution in [0.1, 0.15) is 37.2 Å². The second kappa shape index (κ2) is 13.2. The molecule has 0 N–H and O–H groups in total. The van der Waals surface area contributed by atoms with Crippen molar-refractivity contribution in [3.8, 4) is 0 Å². The second-order valence-corrected chi connectivity index (χ2v) is 10.1. The molecular formula is C27H37N5OS. The number of nitrogens with zero attached hydrogens (tertiary/aromatic N) is 5. The molecule has 0 aliphatic carbocycles. The van der Waals surface area contributed by atoms with Crippen LogP contribution in [-0.4, -0.2) is 65.3 Å². The van der Waals surface area contributed by atoms with E-state index >= 15 is 0 Å². The van der Waals surface area contributed by atoms with Crippen molar-refractivity contribution < 1.29 is 4.79 Å². The third kappa shape index (κ3) is 8.54. The van der Waals surface area contributed by atoms with Crippen LogP contribution in [0.25, 0.3) is 0 Å². The minimum Gasteiger partial charge on any atom is -0.346 e. The molecule has 2 aromatic carbocycles. The number of hydrogen-bond donors (Lipinski definition) is 0. The van der Waals surface area contributed by atoms with Crippen molar-refractivity contribution in [2.75, 3.05) is 45.2 Å². The summed E-state index contributed by atoms with van der Waals surface area (Å²) in [7, 11) is 4.08. The molecular weight excluding hydrogens is 442 g/mol. The van der Waals surface area contributed by atoms with Crippen molar-refractivity contribution in [2.45, 2.75) is 33.2 Å². The number of carbonyl (C=O) groups is 1. The average molecular weight is 480 g/mol. The van der Waals surface area contributed by atoms with Crippen LogP contribution in [0.15, 0.2) is 60.7 Å². The lowest BCUT2D eigenvalue weighted by molar-refractivity contribution is -0.131. The van der Waals surface area contributed by atoms with Crippen molar-refractivity contribution in [1.82, 2.24) is 19.2 Å². The molecule has 3 aromatic rings. The SMILES string of the molecule is CC(C)CN(CCC(=O)N(CCN(C)C)Cc1ccccc1)c1nc(Cc2ccccc2)ns1. The van der Waals surface area contributed by atoms with E-state index in [2.05, 4.69) is 52.3 Å². The first kappa shape index (κ1) is 25.8. The molecule has 0 saturated heterocycles. The molecule has 3 rings (SSSR count). The summed E-state index contributed by atoms with van der Waals surface area (Å²) in [5.74, 6) is 1.47. The summed E-state index contributed by atoms with van der Waals surface area (Å²) in [4.78, 5) is 24.4. The standard InChI is InChI=1S/C27H37N5OS/c1-22(2)20-32(27-28-25(29-34-27)19-23-11-7-5-8-12-23)16-15-26(33)31(18-17-30(3)4)21-24-13-9-6-10-14-24/h5-14,22H,15-21H2,1-4H3. The number of hydrogen-bond acceptors (Lipinski definition) is 6. The fraction of sp³-hybridized carbons (Fsp3) is 0.444. The molecule has 7 heteroatoms. The van der Waals surface area contributed by atoms with Gasteiger partial charge in [-0.3, -0.25) is 4.79 Å². The van der Waals surface area contributed by atoms with E-state index < -0.39 is 0 Å². The first-order valence-corrected chi connectivity index (χ1v) is 12.8. The molecule has 0 unspecified atom stereocenters. The fourth-order valence-electron chi connectivity index (χ4n) is 3.73. The van der Waals surface area contributed by atoms with Crippen LogP contribution < -0.4 is 4.90 Å². The van der Waals surface area contributed by atoms with E-state index in [1.54, 1.807) is 0 Å². The molecule has 1 heterocycles. The van der Waals surface area contributed by atoms with Crippen LogP contribution in [0.3, 0.4) is 0 Å². The molecule has 6 nitrogen and oxygen atoms in total. The first-order chi connectivity index (χ1) is 16.4. The Morgan fingerprint density at radius 3 is 2.18 bits per heavy atom. The molecule has 0 fully saturated rings. The van der Waals surface area contributed by atoms with Crippen molar-refractivity contribution >= 4 is 22.6 Å². The van der Waals surface area contributed by atoms with E-state index in [0.29, 0.717) is 32.0 Å². The maximum atomic E-state index is 13.3. The number of rotatable bonds is 13. The van der Waals surface area contributed by atoms with E-state index in [9.17, 15) is 4.79 Å². The lowest BCUT2D eigenvalue weighted by atomic mass is 10.1. The van der Waals surface area contributed by atoms with Crippen LogP contribution in [-0.2, 0) is 17.8 Å². The fourth-order valence-corrected chi connectivity index (χ4v) is 4.45. The highest BCUT2D eigenvalue weighted by Crippen LogP contribution is 2.21. The van der Waals surface area contributed by atoms with Gasteiger partial charge in [-0.05, 0) is 31.1 Å². The second-order valence-electron chi connectivity index (χ2n) is 9.35. The van der Waals surface area contributed by atoms with Gasteiger partial charge < -0.3 is 14.7 Å². The van der Waals surface area contributed by atoms with Gasteiger partial charge in [-0.2, -0.15) is 4.37 Å². The lowest BCUT2D eigenvalue weighted by Gasteiger charge is -2.27. The number of aromatic nitrogens is 2. The van der Waals surface area contributed by atoms with E-state index in [-0.39, 0.29) is 5.91 Å². The maximum absolute atomic E-state index is 13.3. The summed E-state index contributed by atoms with van der Waals surface area (Å²) in [6, 6.07) is 20.5. The molecule has 1 amide bonds. The third-order valence-electron chi connectivity index (χ3n) is 5.50. The summed E-state index contributed by atoms with van der Waals surface area (Å²) in [6.45, 7) is 8.07. The first-order valence-electron chi connectivity index (χ1n) is 12.0. The lowest BCUT2D eigenvalue weighted by Crippen LogP contribution is -2.38. The van der Waals surface area contributed by atoms with Gasteiger partial charge in [0.1, 0.15) is 5.82 Å². The molecule has 0 saturated carbocycles. The molecule has 0 radical (unpaired) electrons. The van der Waals surface area contributed by atoms with E-state index in [1.165, 1.54) is 17.1 Å². The molecule has 0 aliphatic heterocycles. The molecule has 0 spiro atoms. The van der Waals surface area contributed by atoms with Gasteiger partial charge in [-0.25, -0.2) is 4.98 Å². The monoisotopic (exact) mass is 479 g/mol. The van der Waals surface area contributed by atoms with Crippen LogP contribution in [0, 0.1) is 5.92 Å². The summed E-state index contributed by atoms with van der Waals surface area (Å²) >= 11 is 1.43. The molecule has 0 bridgehead atoms. The van der Waals surface area contributed by atoms with Gasteiger partial charge in [0.15, 0.2) is 0 Å². The third-order valence-corrected chi connectivity index (χ3v) is 6.31. The minimum absolute atomic E-state index is 0.175. The number of benzene rings is 2. The van der Waals surface area contributed by atoms with Crippen LogP contribution in [0.2, 0.25) is 0 Å². The Balaban J connectivity index is 1.65. The normalized spacial score (nSPS) is 11.2. The predicted octanol–water partition coefficient (Wildman–Crippen LogP) is 4.57. The van der Waals surface area contributed by atoms with Crippen molar-refractivity contribution in [2.24, 2.45) is 5.92 Å². The highest BCUT2D eigenvalue weighted by molar-refractivity contribution is 7.09. The summed E-state index contributed by atoms with van der Waals surface area (Å²) in [6.07, 6.45) is 1.18. The van der Waals surface area contributed by atoms with Gasteiger partial charge in [0, 0.05) is 57.1 Å². The zero-order valence-electron chi connectivity index (χ0n) is 20.9. The van der Waals surface area contributed by atoms with Gasteiger partial charge in [-0.1, -0.05) is 74.5 Å².